The third-order valence-electron chi connectivity index (χ3n) is 4.30. The molecule has 1 aromatic rings. The van der Waals surface area contributed by atoms with Crippen molar-refractivity contribution in [3.8, 4) is 0 Å². The highest BCUT2D eigenvalue weighted by Gasteiger charge is 2.20. The van der Waals surface area contributed by atoms with Gasteiger partial charge in [0.2, 0.25) is 0 Å². The lowest BCUT2D eigenvalue weighted by atomic mass is 9.94. The van der Waals surface area contributed by atoms with Crippen molar-refractivity contribution >= 4 is 11.6 Å². The zero-order chi connectivity index (χ0) is 15.4. The van der Waals surface area contributed by atoms with E-state index in [1.54, 1.807) is 0 Å². The molecule has 4 N–H and O–H groups in total. The SMILES string of the molecule is CC(C)c1[nH]nc(C(=O)NCCC2CCN(C)CC2)c1N. The second-order valence-electron chi connectivity index (χ2n) is 6.35. The predicted octanol–water partition coefficient (Wildman–Crippen LogP) is 1.58. The van der Waals surface area contributed by atoms with Gasteiger partial charge in [-0.25, -0.2) is 0 Å². The number of hydrogen-bond donors (Lipinski definition) is 3. The molecule has 0 saturated carbocycles. The average molecular weight is 293 g/mol. The van der Waals surface area contributed by atoms with Gasteiger partial charge in [0.25, 0.3) is 5.91 Å². The molecule has 0 unspecified atom stereocenters. The second kappa shape index (κ2) is 6.93. The first-order valence-electron chi connectivity index (χ1n) is 7.79. The maximum absolute atomic E-state index is 12.1. The molecule has 2 rings (SSSR count). The Labute approximate surface area is 126 Å². The molecular weight excluding hydrogens is 266 g/mol. The van der Waals surface area contributed by atoms with E-state index in [0.29, 0.717) is 23.8 Å². The van der Waals surface area contributed by atoms with Gasteiger partial charge in [-0.2, -0.15) is 5.10 Å². The quantitative estimate of drug-likeness (QED) is 0.769. The Hall–Kier alpha value is -1.56. The number of aromatic amines is 1. The monoisotopic (exact) mass is 293 g/mol. The molecule has 0 atom stereocenters. The number of nitrogens with zero attached hydrogens (tertiary/aromatic N) is 2. The molecule has 0 radical (unpaired) electrons. The van der Waals surface area contributed by atoms with Gasteiger partial charge in [-0.1, -0.05) is 13.8 Å². The van der Waals surface area contributed by atoms with Crippen LogP contribution >= 0.6 is 0 Å². The summed E-state index contributed by atoms with van der Waals surface area (Å²) in [5.74, 6) is 0.770. The van der Waals surface area contributed by atoms with E-state index in [4.69, 9.17) is 5.73 Å². The molecular formula is C15H27N5O. The van der Waals surface area contributed by atoms with Crippen LogP contribution < -0.4 is 11.1 Å². The van der Waals surface area contributed by atoms with Gasteiger partial charge in [0.15, 0.2) is 5.69 Å². The maximum atomic E-state index is 12.1. The molecule has 0 aromatic carbocycles. The highest BCUT2D eigenvalue weighted by Crippen LogP contribution is 2.22. The van der Waals surface area contributed by atoms with Crippen molar-refractivity contribution in [2.24, 2.45) is 5.92 Å². The fourth-order valence-electron chi connectivity index (χ4n) is 2.80. The number of nitrogens with two attached hydrogens (primary N) is 1. The van der Waals surface area contributed by atoms with E-state index in [0.717, 1.165) is 25.2 Å². The summed E-state index contributed by atoms with van der Waals surface area (Å²) in [5.41, 5.74) is 7.60. The number of nitrogen functional groups attached to an aromatic ring is 1. The molecule has 2 heterocycles. The molecule has 1 aromatic heterocycles. The molecule has 1 saturated heterocycles. The average Bonchev–Trinajstić information content (AvgIpc) is 2.83. The summed E-state index contributed by atoms with van der Waals surface area (Å²) in [6.07, 6.45) is 3.46. The summed E-state index contributed by atoms with van der Waals surface area (Å²) in [7, 11) is 2.16. The lowest BCUT2D eigenvalue weighted by Crippen LogP contribution is -2.33. The van der Waals surface area contributed by atoms with E-state index in [9.17, 15) is 4.79 Å². The van der Waals surface area contributed by atoms with Crippen molar-refractivity contribution in [1.82, 2.24) is 20.4 Å². The summed E-state index contributed by atoms with van der Waals surface area (Å²) in [6, 6.07) is 0. The van der Waals surface area contributed by atoms with Gasteiger partial charge in [0.1, 0.15) is 0 Å². The number of aromatic nitrogens is 2. The van der Waals surface area contributed by atoms with Crippen LogP contribution in [-0.2, 0) is 0 Å². The fraction of sp³-hybridized carbons (Fsp3) is 0.733. The molecule has 6 heteroatoms. The minimum absolute atomic E-state index is 0.177. The Kier molecular flexibility index (Phi) is 5.22. The third-order valence-corrected chi connectivity index (χ3v) is 4.30. The number of carbonyl (C=O) groups excluding carboxylic acids is 1. The van der Waals surface area contributed by atoms with E-state index in [1.165, 1.54) is 12.8 Å². The fourth-order valence-corrected chi connectivity index (χ4v) is 2.80. The zero-order valence-electron chi connectivity index (χ0n) is 13.3. The van der Waals surface area contributed by atoms with Crippen molar-refractivity contribution in [3.63, 3.8) is 0 Å². The van der Waals surface area contributed by atoms with Gasteiger partial charge in [-0.05, 0) is 51.2 Å². The molecule has 1 aliphatic rings. The van der Waals surface area contributed by atoms with Crippen molar-refractivity contribution < 1.29 is 4.79 Å². The Balaban J connectivity index is 1.79. The normalized spacial score (nSPS) is 17.3. The van der Waals surface area contributed by atoms with E-state index in [-0.39, 0.29) is 11.8 Å². The minimum Gasteiger partial charge on any atom is -0.395 e. The van der Waals surface area contributed by atoms with Crippen molar-refractivity contribution in [1.29, 1.82) is 0 Å². The van der Waals surface area contributed by atoms with Crippen LogP contribution in [0.4, 0.5) is 5.69 Å². The van der Waals surface area contributed by atoms with Gasteiger partial charge in [-0.3, -0.25) is 9.89 Å². The maximum Gasteiger partial charge on any atom is 0.273 e. The van der Waals surface area contributed by atoms with E-state index in [2.05, 4.69) is 27.5 Å². The largest absolute Gasteiger partial charge is 0.395 e. The summed E-state index contributed by atoms with van der Waals surface area (Å²) < 4.78 is 0. The summed E-state index contributed by atoms with van der Waals surface area (Å²) in [4.78, 5) is 14.5. The molecule has 0 spiro atoms. The Morgan fingerprint density at radius 1 is 1.48 bits per heavy atom. The van der Waals surface area contributed by atoms with Crippen molar-refractivity contribution in [2.45, 2.75) is 39.0 Å². The van der Waals surface area contributed by atoms with E-state index < -0.39 is 0 Å². The predicted molar refractivity (Wildman–Crippen MR) is 84.3 cm³/mol. The van der Waals surface area contributed by atoms with Crippen LogP contribution in [0.5, 0.6) is 0 Å². The first-order valence-corrected chi connectivity index (χ1v) is 7.79. The minimum atomic E-state index is -0.177. The van der Waals surface area contributed by atoms with Crippen LogP contribution in [0.2, 0.25) is 0 Å². The molecule has 1 fully saturated rings. The highest BCUT2D eigenvalue weighted by atomic mass is 16.1. The second-order valence-corrected chi connectivity index (χ2v) is 6.35. The number of H-pyrrole nitrogens is 1. The topological polar surface area (TPSA) is 87.0 Å². The smallest absolute Gasteiger partial charge is 0.273 e. The lowest BCUT2D eigenvalue weighted by molar-refractivity contribution is 0.0945. The van der Waals surface area contributed by atoms with Crippen LogP contribution in [0, 0.1) is 5.92 Å². The molecule has 118 valence electrons. The number of likely N-dealkylation sites (tertiary alicyclic amines) is 1. The molecule has 6 nitrogen and oxygen atoms in total. The van der Waals surface area contributed by atoms with Crippen LogP contribution in [0.25, 0.3) is 0 Å². The summed E-state index contributed by atoms with van der Waals surface area (Å²) in [6.45, 7) is 7.04. The Morgan fingerprint density at radius 3 is 2.71 bits per heavy atom. The van der Waals surface area contributed by atoms with E-state index in [1.807, 2.05) is 13.8 Å². The molecule has 1 aliphatic heterocycles. The van der Waals surface area contributed by atoms with Crippen molar-refractivity contribution in [3.05, 3.63) is 11.4 Å². The number of hydrogen-bond acceptors (Lipinski definition) is 4. The molecule has 1 amide bonds. The highest BCUT2D eigenvalue weighted by molar-refractivity contribution is 5.97. The Morgan fingerprint density at radius 2 is 2.14 bits per heavy atom. The third kappa shape index (κ3) is 3.97. The van der Waals surface area contributed by atoms with Crippen LogP contribution in [-0.4, -0.2) is 47.7 Å². The number of amides is 1. The molecule has 21 heavy (non-hydrogen) atoms. The number of rotatable bonds is 5. The zero-order valence-corrected chi connectivity index (χ0v) is 13.3. The van der Waals surface area contributed by atoms with Crippen molar-refractivity contribution in [2.75, 3.05) is 32.4 Å². The first-order chi connectivity index (χ1) is 9.99. The molecule has 0 aliphatic carbocycles. The number of anilines is 1. The Bertz CT molecular complexity index is 474. The van der Waals surface area contributed by atoms with Gasteiger partial charge >= 0.3 is 0 Å². The van der Waals surface area contributed by atoms with Gasteiger partial charge in [-0.15, -0.1) is 0 Å². The van der Waals surface area contributed by atoms with Crippen LogP contribution in [0.15, 0.2) is 0 Å². The lowest BCUT2D eigenvalue weighted by Gasteiger charge is -2.28. The first kappa shape index (κ1) is 15.8. The van der Waals surface area contributed by atoms with Gasteiger partial charge in [0, 0.05) is 6.54 Å². The van der Waals surface area contributed by atoms with Gasteiger partial charge < -0.3 is 16.0 Å². The number of piperidine rings is 1. The van der Waals surface area contributed by atoms with Crippen LogP contribution in [0.3, 0.4) is 0 Å². The standard InChI is InChI=1S/C15H27N5O/c1-10(2)13-12(16)14(19-18-13)15(21)17-7-4-11-5-8-20(3)9-6-11/h10-11H,4-9,16H2,1-3H3,(H,17,21)(H,18,19). The number of nitrogens with one attached hydrogen (secondary N) is 2. The van der Waals surface area contributed by atoms with Gasteiger partial charge in [0.05, 0.1) is 11.4 Å². The van der Waals surface area contributed by atoms with E-state index >= 15 is 0 Å². The van der Waals surface area contributed by atoms with Crippen LogP contribution in [0.1, 0.15) is 55.2 Å². The number of carbonyl (C=O) groups is 1. The molecule has 0 bridgehead atoms. The summed E-state index contributed by atoms with van der Waals surface area (Å²) in [5, 5.41) is 9.84. The summed E-state index contributed by atoms with van der Waals surface area (Å²) >= 11 is 0.